The number of hydrogen-bond acceptors (Lipinski definition) is 3. The molecule has 5 atom stereocenters. The Morgan fingerprint density at radius 3 is 1.89 bits per heavy atom. The third-order valence-corrected chi connectivity index (χ3v) is 7.95. The topological polar surface area (TPSA) is 86.6 Å². The van der Waals surface area contributed by atoms with Gasteiger partial charge in [0.15, 0.2) is 0 Å². The Hall–Kier alpha value is -3.70. The summed E-state index contributed by atoms with van der Waals surface area (Å²) < 4.78 is 0. The Kier molecular flexibility index (Phi) is 7.41. The summed E-state index contributed by atoms with van der Waals surface area (Å²) in [5, 5.41) is 25.3. The SMILES string of the molecule is CCC1(C(=O)O)C(C)NC(c2ccccc2)C(Cc2ccccc2)(C(=O)O)C1C=Cc1ccccc1. The molecule has 1 fully saturated rings. The van der Waals surface area contributed by atoms with Gasteiger partial charge < -0.3 is 15.5 Å². The maximum atomic E-state index is 13.6. The summed E-state index contributed by atoms with van der Waals surface area (Å²) in [6.07, 6.45) is 4.19. The molecule has 0 saturated carbocycles. The van der Waals surface area contributed by atoms with Crippen molar-refractivity contribution in [1.82, 2.24) is 5.32 Å². The number of aliphatic carboxylic acids is 2. The molecule has 1 aliphatic rings. The lowest BCUT2D eigenvalue weighted by Crippen LogP contribution is -2.68. The van der Waals surface area contributed by atoms with Crippen molar-refractivity contribution in [2.75, 3.05) is 0 Å². The average Bonchev–Trinajstić information content (AvgIpc) is 2.89. The van der Waals surface area contributed by atoms with Crippen LogP contribution in [-0.2, 0) is 16.0 Å². The number of hydrogen-bond donors (Lipinski definition) is 3. The minimum absolute atomic E-state index is 0.182. The zero-order chi connectivity index (χ0) is 25.8. The molecule has 186 valence electrons. The molecule has 1 heterocycles. The van der Waals surface area contributed by atoms with Gasteiger partial charge in [-0.3, -0.25) is 9.59 Å². The van der Waals surface area contributed by atoms with Gasteiger partial charge >= 0.3 is 11.9 Å². The summed E-state index contributed by atoms with van der Waals surface area (Å²) in [6.45, 7) is 3.71. The fourth-order valence-corrected chi connectivity index (χ4v) is 6.08. The monoisotopic (exact) mass is 483 g/mol. The molecule has 3 aromatic carbocycles. The van der Waals surface area contributed by atoms with Crippen LogP contribution < -0.4 is 5.32 Å². The lowest BCUT2D eigenvalue weighted by atomic mass is 9.50. The van der Waals surface area contributed by atoms with Crippen LogP contribution in [0.25, 0.3) is 6.08 Å². The van der Waals surface area contributed by atoms with Gasteiger partial charge in [-0.25, -0.2) is 0 Å². The van der Waals surface area contributed by atoms with E-state index in [2.05, 4.69) is 5.32 Å². The largest absolute Gasteiger partial charge is 0.481 e. The Morgan fingerprint density at radius 2 is 1.36 bits per heavy atom. The number of carbonyl (C=O) groups is 2. The predicted molar refractivity (Wildman–Crippen MR) is 141 cm³/mol. The summed E-state index contributed by atoms with van der Waals surface area (Å²) in [7, 11) is 0. The first-order valence-electron chi connectivity index (χ1n) is 12.4. The van der Waals surface area contributed by atoms with Gasteiger partial charge in [0, 0.05) is 18.0 Å². The van der Waals surface area contributed by atoms with Crippen LogP contribution in [0.3, 0.4) is 0 Å². The Bertz CT molecular complexity index is 1210. The number of rotatable bonds is 8. The fourth-order valence-electron chi connectivity index (χ4n) is 6.08. The number of carboxylic acids is 2. The van der Waals surface area contributed by atoms with Crippen LogP contribution in [0.5, 0.6) is 0 Å². The minimum atomic E-state index is -1.46. The van der Waals surface area contributed by atoms with Gasteiger partial charge in [0.05, 0.1) is 10.8 Å². The van der Waals surface area contributed by atoms with Gasteiger partial charge in [0.25, 0.3) is 0 Å². The van der Waals surface area contributed by atoms with E-state index in [1.54, 1.807) is 0 Å². The smallest absolute Gasteiger partial charge is 0.312 e. The summed E-state index contributed by atoms with van der Waals surface area (Å²) in [6, 6.07) is 27.6. The van der Waals surface area contributed by atoms with Crippen molar-refractivity contribution in [2.45, 2.75) is 38.8 Å². The first-order chi connectivity index (χ1) is 17.4. The van der Waals surface area contributed by atoms with E-state index in [9.17, 15) is 19.8 Å². The molecule has 3 N–H and O–H groups in total. The second-order valence-corrected chi connectivity index (χ2v) is 9.69. The number of nitrogens with one attached hydrogen (secondary N) is 1. The molecule has 0 radical (unpaired) electrons. The van der Waals surface area contributed by atoms with Crippen molar-refractivity contribution in [1.29, 1.82) is 0 Å². The van der Waals surface area contributed by atoms with Crippen LogP contribution in [-0.4, -0.2) is 28.2 Å². The molecule has 0 aliphatic carbocycles. The molecule has 3 aromatic rings. The van der Waals surface area contributed by atoms with Crippen molar-refractivity contribution in [3.63, 3.8) is 0 Å². The maximum Gasteiger partial charge on any atom is 0.312 e. The Balaban J connectivity index is 2.01. The predicted octanol–water partition coefficient (Wildman–Crippen LogP) is 5.84. The van der Waals surface area contributed by atoms with Crippen molar-refractivity contribution in [2.24, 2.45) is 16.7 Å². The van der Waals surface area contributed by atoms with Gasteiger partial charge in [-0.05, 0) is 36.5 Å². The first-order valence-corrected chi connectivity index (χ1v) is 12.4. The molecule has 0 spiro atoms. The molecule has 1 saturated heterocycles. The molecule has 36 heavy (non-hydrogen) atoms. The highest BCUT2D eigenvalue weighted by atomic mass is 16.4. The molecule has 0 aromatic heterocycles. The molecular formula is C31H33NO4. The van der Waals surface area contributed by atoms with Gasteiger partial charge in [0.1, 0.15) is 0 Å². The van der Waals surface area contributed by atoms with E-state index in [4.69, 9.17) is 0 Å². The van der Waals surface area contributed by atoms with Crippen LogP contribution in [0.1, 0.15) is 43.0 Å². The third kappa shape index (κ3) is 4.35. The lowest BCUT2D eigenvalue weighted by molar-refractivity contribution is -0.177. The molecule has 5 unspecified atom stereocenters. The highest BCUT2D eigenvalue weighted by Crippen LogP contribution is 2.58. The normalized spacial score (nSPS) is 28.1. The Morgan fingerprint density at radius 1 is 0.833 bits per heavy atom. The second kappa shape index (κ2) is 10.5. The average molecular weight is 484 g/mol. The fraction of sp³-hybridized carbons (Fsp3) is 0.290. The van der Waals surface area contributed by atoms with E-state index in [0.29, 0.717) is 0 Å². The lowest BCUT2D eigenvalue weighted by Gasteiger charge is -2.57. The molecule has 5 nitrogen and oxygen atoms in total. The minimum Gasteiger partial charge on any atom is -0.481 e. The van der Waals surface area contributed by atoms with Gasteiger partial charge in [-0.15, -0.1) is 0 Å². The quantitative estimate of drug-likeness (QED) is 0.375. The number of piperidine rings is 1. The van der Waals surface area contributed by atoms with E-state index in [-0.39, 0.29) is 12.8 Å². The van der Waals surface area contributed by atoms with E-state index in [1.165, 1.54) is 0 Å². The van der Waals surface area contributed by atoms with Crippen LogP contribution in [0.15, 0.2) is 97.1 Å². The van der Waals surface area contributed by atoms with Gasteiger partial charge in [-0.2, -0.15) is 0 Å². The molecule has 4 rings (SSSR count). The molecule has 1 aliphatic heterocycles. The summed E-state index contributed by atoms with van der Waals surface area (Å²) in [5.41, 5.74) is -0.213. The van der Waals surface area contributed by atoms with Crippen LogP contribution >= 0.6 is 0 Å². The standard InChI is InChI=1S/C31H33NO4/c1-3-30(28(33)34)22(2)32-27(25-17-11-6-12-18-25)31(29(35)36,21-24-15-9-5-10-16-24)26(30)20-19-23-13-7-4-8-14-23/h4-20,22,26-27,32H,3,21H2,1-2H3,(H,33,34)(H,35,36). The van der Waals surface area contributed by atoms with E-state index in [1.807, 2.05) is 117 Å². The van der Waals surface area contributed by atoms with E-state index in [0.717, 1.165) is 16.7 Å². The Labute approximate surface area is 212 Å². The van der Waals surface area contributed by atoms with Crippen molar-refractivity contribution in [3.05, 3.63) is 114 Å². The first kappa shape index (κ1) is 25.4. The molecule has 5 heteroatoms. The molecule has 0 bridgehead atoms. The van der Waals surface area contributed by atoms with Crippen LogP contribution in [0, 0.1) is 16.7 Å². The second-order valence-electron chi connectivity index (χ2n) is 9.69. The highest BCUT2D eigenvalue weighted by molar-refractivity contribution is 5.84. The van der Waals surface area contributed by atoms with Crippen molar-refractivity contribution < 1.29 is 19.8 Å². The van der Waals surface area contributed by atoms with E-state index >= 15 is 0 Å². The molecule has 0 amide bonds. The third-order valence-electron chi connectivity index (χ3n) is 7.95. The summed E-state index contributed by atoms with van der Waals surface area (Å²) >= 11 is 0. The summed E-state index contributed by atoms with van der Waals surface area (Å²) in [4.78, 5) is 26.6. The van der Waals surface area contributed by atoms with Crippen LogP contribution in [0.2, 0.25) is 0 Å². The van der Waals surface area contributed by atoms with Gasteiger partial charge in [-0.1, -0.05) is 110 Å². The van der Waals surface area contributed by atoms with Crippen molar-refractivity contribution >= 4 is 18.0 Å². The molecular weight excluding hydrogens is 450 g/mol. The number of benzene rings is 3. The number of allylic oxidation sites excluding steroid dienone is 1. The highest BCUT2D eigenvalue weighted by Gasteiger charge is 2.66. The maximum absolute atomic E-state index is 13.6. The van der Waals surface area contributed by atoms with Gasteiger partial charge in [0.2, 0.25) is 0 Å². The van der Waals surface area contributed by atoms with E-state index < -0.39 is 40.8 Å². The van der Waals surface area contributed by atoms with Crippen molar-refractivity contribution in [3.8, 4) is 0 Å². The summed E-state index contributed by atoms with van der Waals surface area (Å²) in [5.74, 6) is -2.80. The zero-order valence-electron chi connectivity index (χ0n) is 20.7. The zero-order valence-corrected chi connectivity index (χ0v) is 20.7. The number of carboxylic acid groups (broad SMARTS) is 2. The van der Waals surface area contributed by atoms with Crippen LogP contribution in [0.4, 0.5) is 0 Å².